The van der Waals surface area contributed by atoms with Crippen LogP contribution in [0.4, 0.5) is 5.69 Å². The maximum Gasteiger partial charge on any atom is 0.107 e. The zero-order valence-corrected chi connectivity index (χ0v) is 12.2. The summed E-state index contributed by atoms with van der Waals surface area (Å²) in [5, 5.41) is 4.44. The van der Waals surface area contributed by atoms with Gasteiger partial charge in [0.25, 0.3) is 0 Å². The van der Waals surface area contributed by atoms with E-state index in [1.54, 1.807) is 18.7 Å². The zero-order chi connectivity index (χ0) is 14.7. The molecule has 0 radical (unpaired) electrons. The number of hydrogen-bond donors (Lipinski definition) is 2. The van der Waals surface area contributed by atoms with Gasteiger partial charge in [0.1, 0.15) is 4.99 Å². The minimum Gasteiger partial charge on any atom is -0.389 e. The fourth-order valence-electron chi connectivity index (χ4n) is 2.25. The maximum atomic E-state index is 5.81. The first-order chi connectivity index (χ1) is 10.3. The summed E-state index contributed by atoms with van der Waals surface area (Å²) in [6, 6.07) is 7.93. The number of fused-ring (bicyclic) bond motifs is 1. The third-order valence-corrected chi connectivity index (χ3v) is 3.49. The van der Waals surface area contributed by atoms with Crippen molar-refractivity contribution in [1.82, 2.24) is 14.5 Å². The fourth-order valence-corrected chi connectivity index (χ4v) is 2.40. The first kappa shape index (κ1) is 13.5. The van der Waals surface area contributed by atoms with Crippen molar-refractivity contribution in [1.29, 1.82) is 0 Å². The molecule has 3 rings (SSSR count). The molecule has 3 N–H and O–H groups in total. The first-order valence-electron chi connectivity index (χ1n) is 6.63. The van der Waals surface area contributed by atoms with E-state index in [0.29, 0.717) is 4.99 Å². The predicted molar refractivity (Wildman–Crippen MR) is 88.3 cm³/mol. The van der Waals surface area contributed by atoms with Gasteiger partial charge in [-0.25, -0.2) is 4.98 Å². The Hall–Kier alpha value is -2.47. The molecule has 0 saturated heterocycles. The van der Waals surface area contributed by atoms with Gasteiger partial charge in [-0.3, -0.25) is 4.98 Å². The second-order valence-electron chi connectivity index (χ2n) is 4.66. The number of aromatic nitrogens is 3. The number of anilines is 1. The molecule has 0 spiro atoms. The van der Waals surface area contributed by atoms with Crippen LogP contribution in [0, 0.1) is 0 Å². The van der Waals surface area contributed by atoms with Crippen molar-refractivity contribution < 1.29 is 0 Å². The molecule has 0 saturated carbocycles. The van der Waals surface area contributed by atoms with Crippen molar-refractivity contribution in [2.45, 2.75) is 6.54 Å². The van der Waals surface area contributed by atoms with Crippen LogP contribution in [0.1, 0.15) is 5.56 Å². The Morgan fingerprint density at radius 3 is 2.95 bits per heavy atom. The van der Waals surface area contributed by atoms with E-state index >= 15 is 0 Å². The SMILES string of the molecule is NC(=S)c1cnc2ccccc2c1NCCn1ccnc1. The molecular formula is C15H15N5S. The van der Waals surface area contributed by atoms with E-state index < -0.39 is 0 Å². The van der Waals surface area contributed by atoms with Gasteiger partial charge in [0.15, 0.2) is 0 Å². The number of rotatable bonds is 5. The topological polar surface area (TPSA) is 68.8 Å². The summed E-state index contributed by atoms with van der Waals surface area (Å²) in [6.45, 7) is 1.56. The number of nitrogens with zero attached hydrogens (tertiary/aromatic N) is 3. The number of para-hydroxylation sites is 1. The third-order valence-electron chi connectivity index (χ3n) is 3.27. The lowest BCUT2D eigenvalue weighted by Crippen LogP contribution is -2.16. The van der Waals surface area contributed by atoms with Crippen LogP contribution in [0.2, 0.25) is 0 Å². The Labute approximate surface area is 127 Å². The third kappa shape index (κ3) is 2.85. The summed E-state index contributed by atoms with van der Waals surface area (Å²) < 4.78 is 2.01. The van der Waals surface area contributed by atoms with Gasteiger partial charge in [-0.15, -0.1) is 0 Å². The largest absolute Gasteiger partial charge is 0.389 e. The molecule has 106 valence electrons. The number of nitrogens with one attached hydrogen (secondary N) is 1. The number of pyridine rings is 1. The molecule has 5 nitrogen and oxygen atoms in total. The van der Waals surface area contributed by atoms with Crippen LogP contribution < -0.4 is 11.1 Å². The van der Waals surface area contributed by atoms with E-state index in [1.807, 2.05) is 35.0 Å². The van der Waals surface area contributed by atoms with E-state index in [0.717, 1.165) is 35.2 Å². The van der Waals surface area contributed by atoms with Crippen LogP contribution in [0.3, 0.4) is 0 Å². The van der Waals surface area contributed by atoms with Crippen molar-refractivity contribution in [2.75, 3.05) is 11.9 Å². The molecule has 3 aromatic rings. The van der Waals surface area contributed by atoms with E-state index in [9.17, 15) is 0 Å². The van der Waals surface area contributed by atoms with Gasteiger partial charge in [-0.05, 0) is 6.07 Å². The quantitative estimate of drug-likeness (QED) is 0.706. The van der Waals surface area contributed by atoms with Crippen LogP contribution in [0.25, 0.3) is 10.9 Å². The second kappa shape index (κ2) is 5.88. The van der Waals surface area contributed by atoms with Crippen molar-refractivity contribution in [2.24, 2.45) is 5.73 Å². The summed E-state index contributed by atoms with van der Waals surface area (Å²) in [5.41, 5.74) is 8.44. The van der Waals surface area contributed by atoms with Gasteiger partial charge >= 0.3 is 0 Å². The molecule has 2 heterocycles. The molecule has 0 aliphatic heterocycles. The molecule has 0 amide bonds. The molecule has 0 unspecified atom stereocenters. The summed E-state index contributed by atoms with van der Waals surface area (Å²) in [5.74, 6) is 0. The minimum atomic E-state index is 0.346. The van der Waals surface area contributed by atoms with Crippen molar-refractivity contribution in [3.8, 4) is 0 Å². The fraction of sp³-hybridized carbons (Fsp3) is 0.133. The summed E-state index contributed by atoms with van der Waals surface area (Å²) in [6.07, 6.45) is 7.22. The lowest BCUT2D eigenvalue weighted by atomic mass is 10.1. The van der Waals surface area contributed by atoms with E-state index in [-0.39, 0.29) is 0 Å². The van der Waals surface area contributed by atoms with Crippen molar-refractivity contribution in [3.05, 3.63) is 54.7 Å². The highest BCUT2D eigenvalue weighted by Crippen LogP contribution is 2.25. The average molecular weight is 297 g/mol. The number of hydrogen-bond acceptors (Lipinski definition) is 4. The lowest BCUT2D eigenvalue weighted by molar-refractivity contribution is 0.727. The Balaban J connectivity index is 1.90. The number of benzene rings is 1. The summed E-state index contributed by atoms with van der Waals surface area (Å²) in [4.78, 5) is 8.77. The van der Waals surface area contributed by atoms with Crippen LogP contribution in [0.15, 0.2) is 49.2 Å². The van der Waals surface area contributed by atoms with E-state index in [2.05, 4.69) is 15.3 Å². The van der Waals surface area contributed by atoms with E-state index in [4.69, 9.17) is 18.0 Å². The van der Waals surface area contributed by atoms with Gasteiger partial charge in [0, 0.05) is 37.1 Å². The highest BCUT2D eigenvalue weighted by atomic mass is 32.1. The van der Waals surface area contributed by atoms with Crippen LogP contribution in [-0.2, 0) is 6.54 Å². The molecule has 0 atom stereocenters. The smallest absolute Gasteiger partial charge is 0.107 e. The average Bonchev–Trinajstić information content (AvgIpc) is 3.00. The summed E-state index contributed by atoms with van der Waals surface area (Å²) in [7, 11) is 0. The van der Waals surface area contributed by atoms with Crippen molar-refractivity contribution in [3.63, 3.8) is 0 Å². The molecule has 0 bridgehead atoms. The van der Waals surface area contributed by atoms with Crippen molar-refractivity contribution >= 4 is 33.8 Å². The normalized spacial score (nSPS) is 10.7. The molecule has 6 heteroatoms. The molecule has 21 heavy (non-hydrogen) atoms. The molecule has 1 aromatic carbocycles. The highest BCUT2D eigenvalue weighted by molar-refractivity contribution is 7.80. The van der Waals surface area contributed by atoms with E-state index in [1.165, 1.54) is 0 Å². The highest BCUT2D eigenvalue weighted by Gasteiger charge is 2.10. The number of imidazole rings is 1. The Morgan fingerprint density at radius 2 is 2.19 bits per heavy atom. The maximum absolute atomic E-state index is 5.81. The molecular weight excluding hydrogens is 282 g/mol. The van der Waals surface area contributed by atoms with Gasteiger partial charge < -0.3 is 15.6 Å². The summed E-state index contributed by atoms with van der Waals surface area (Å²) >= 11 is 5.13. The second-order valence-corrected chi connectivity index (χ2v) is 5.10. The molecule has 0 fully saturated rings. The Kier molecular flexibility index (Phi) is 3.79. The van der Waals surface area contributed by atoms with Gasteiger partial charge in [-0.2, -0.15) is 0 Å². The Bertz CT molecular complexity index is 767. The van der Waals surface area contributed by atoms with Crippen LogP contribution in [-0.4, -0.2) is 26.1 Å². The van der Waals surface area contributed by atoms with Crippen LogP contribution in [0.5, 0.6) is 0 Å². The lowest BCUT2D eigenvalue weighted by Gasteiger charge is -2.14. The molecule has 0 aliphatic carbocycles. The predicted octanol–water partition coefficient (Wildman–Crippen LogP) is 2.18. The van der Waals surface area contributed by atoms with Gasteiger partial charge in [-0.1, -0.05) is 30.4 Å². The standard InChI is InChI=1S/C15H15N5S/c16-15(21)12-9-19-13-4-2-1-3-11(13)14(12)18-6-8-20-7-5-17-10-20/h1-5,7,9-10H,6,8H2,(H2,16,21)(H,18,19). The minimum absolute atomic E-state index is 0.346. The van der Waals surface area contributed by atoms with Gasteiger partial charge in [0.2, 0.25) is 0 Å². The zero-order valence-electron chi connectivity index (χ0n) is 11.4. The Morgan fingerprint density at radius 1 is 1.33 bits per heavy atom. The van der Waals surface area contributed by atoms with Gasteiger partial charge in [0.05, 0.1) is 23.1 Å². The number of nitrogens with two attached hydrogens (primary N) is 1. The number of thiocarbonyl (C=S) groups is 1. The van der Waals surface area contributed by atoms with Crippen LogP contribution >= 0.6 is 12.2 Å². The first-order valence-corrected chi connectivity index (χ1v) is 7.03. The molecule has 2 aromatic heterocycles. The monoisotopic (exact) mass is 297 g/mol. The molecule has 0 aliphatic rings.